The van der Waals surface area contributed by atoms with Gasteiger partial charge in [-0.3, -0.25) is 9.69 Å². The zero-order valence-corrected chi connectivity index (χ0v) is 17.4. The fraction of sp³-hybridized carbons (Fsp3) is 0.333. The Balaban J connectivity index is 1.43. The van der Waals surface area contributed by atoms with Gasteiger partial charge in [0.1, 0.15) is 0 Å². The van der Waals surface area contributed by atoms with E-state index in [0.29, 0.717) is 5.69 Å². The van der Waals surface area contributed by atoms with Crippen LogP contribution in [0.4, 0.5) is 11.4 Å². The average Bonchev–Trinajstić information content (AvgIpc) is 2.78. The summed E-state index contributed by atoms with van der Waals surface area (Å²) in [6, 6.07) is 18.3. The number of nitrogens with zero attached hydrogens (tertiary/aromatic N) is 2. The molecule has 0 radical (unpaired) electrons. The van der Waals surface area contributed by atoms with Gasteiger partial charge in [-0.15, -0.1) is 0 Å². The lowest BCUT2D eigenvalue weighted by Gasteiger charge is -2.36. The second-order valence-electron chi connectivity index (χ2n) is 7.26. The summed E-state index contributed by atoms with van der Waals surface area (Å²) in [5.74, 6) is -0.857. The maximum atomic E-state index is 11.9. The number of hydrogen-bond acceptors (Lipinski definition) is 5. The summed E-state index contributed by atoms with van der Waals surface area (Å²) in [5.41, 5.74) is 3.17. The molecule has 3 rings (SSSR count). The van der Waals surface area contributed by atoms with Gasteiger partial charge in [-0.25, -0.2) is 4.79 Å². The van der Waals surface area contributed by atoms with Crippen molar-refractivity contribution in [1.29, 1.82) is 0 Å². The maximum absolute atomic E-state index is 11.9. The number of benzene rings is 2. The first-order valence-corrected chi connectivity index (χ1v) is 10.4. The number of allylic oxidation sites excluding steroid dienone is 1. The number of amides is 1. The first kappa shape index (κ1) is 21.6. The minimum Gasteiger partial charge on any atom is -0.452 e. The van der Waals surface area contributed by atoms with Crippen molar-refractivity contribution in [2.24, 2.45) is 0 Å². The number of anilines is 2. The van der Waals surface area contributed by atoms with E-state index in [9.17, 15) is 9.59 Å². The Labute approximate surface area is 178 Å². The summed E-state index contributed by atoms with van der Waals surface area (Å²) in [6.45, 7) is 6.59. The minimum atomic E-state index is -0.506. The SMILES string of the molecule is CC/C=C/C(=O)OCC(=O)Nc1ccc(N2CCN(Cc3ccccc3)CC2)cc1. The third-order valence-electron chi connectivity index (χ3n) is 4.97. The first-order valence-electron chi connectivity index (χ1n) is 10.4. The van der Waals surface area contributed by atoms with Crippen molar-refractivity contribution < 1.29 is 14.3 Å². The van der Waals surface area contributed by atoms with Gasteiger partial charge < -0.3 is 15.0 Å². The zero-order chi connectivity index (χ0) is 21.2. The van der Waals surface area contributed by atoms with E-state index >= 15 is 0 Å². The molecule has 6 heteroatoms. The van der Waals surface area contributed by atoms with E-state index in [0.717, 1.165) is 44.8 Å². The third kappa shape index (κ3) is 6.74. The van der Waals surface area contributed by atoms with Crippen molar-refractivity contribution in [3.8, 4) is 0 Å². The molecule has 0 aromatic heterocycles. The summed E-state index contributed by atoms with van der Waals surface area (Å²) >= 11 is 0. The van der Waals surface area contributed by atoms with Crippen LogP contribution >= 0.6 is 0 Å². The molecule has 1 aliphatic heterocycles. The molecule has 0 unspecified atom stereocenters. The number of carbonyl (C=O) groups is 2. The van der Waals surface area contributed by atoms with Crippen molar-refractivity contribution in [2.75, 3.05) is 43.0 Å². The Kier molecular flexibility index (Phi) is 8.03. The Hall–Kier alpha value is -3.12. The number of piperazine rings is 1. The first-order chi connectivity index (χ1) is 14.6. The van der Waals surface area contributed by atoms with Crippen LogP contribution in [0.15, 0.2) is 66.7 Å². The highest BCUT2D eigenvalue weighted by atomic mass is 16.5. The lowest BCUT2D eigenvalue weighted by atomic mass is 10.2. The zero-order valence-electron chi connectivity index (χ0n) is 17.4. The molecule has 1 N–H and O–H groups in total. The van der Waals surface area contributed by atoms with E-state index in [-0.39, 0.29) is 12.5 Å². The van der Waals surface area contributed by atoms with E-state index < -0.39 is 5.97 Å². The molecule has 2 aromatic rings. The van der Waals surface area contributed by atoms with Crippen LogP contribution in [0.5, 0.6) is 0 Å². The number of rotatable bonds is 8. The Morgan fingerprint density at radius 3 is 2.37 bits per heavy atom. The molecule has 1 aliphatic rings. The highest BCUT2D eigenvalue weighted by molar-refractivity contribution is 5.93. The molecule has 1 saturated heterocycles. The van der Waals surface area contributed by atoms with E-state index in [1.165, 1.54) is 11.6 Å². The van der Waals surface area contributed by atoms with Crippen LogP contribution in [0.3, 0.4) is 0 Å². The van der Waals surface area contributed by atoms with Gasteiger partial charge >= 0.3 is 5.97 Å². The van der Waals surface area contributed by atoms with Crippen LogP contribution in [0.2, 0.25) is 0 Å². The van der Waals surface area contributed by atoms with Crippen LogP contribution in [0, 0.1) is 0 Å². The van der Waals surface area contributed by atoms with Crippen molar-refractivity contribution >= 4 is 23.3 Å². The fourth-order valence-electron chi connectivity index (χ4n) is 3.36. The molecule has 0 aliphatic carbocycles. The van der Waals surface area contributed by atoms with Gasteiger partial charge in [0.05, 0.1) is 0 Å². The maximum Gasteiger partial charge on any atom is 0.330 e. The van der Waals surface area contributed by atoms with Crippen molar-refractivity contribution in [2.45, 2.75) is 19.9 Å². The largest absolute Gasteiger partial charge is 0.452 e. The molecule has 1 amide bonds. The number of carbonyl (C=O) groups excluding carboxylic acids is 2. The molecular formula is C24H29N3O3. The van der Waals surface area contributed by atoms with Gasteiger partial charge in [-0.1, -0.05) is 43.3 Å². The Morgan fingerprint density at radius 2 is 1.70 bits per heavy atom. The van der Waals surface area contributed by atoms with Crippen LogP contribution in [-0.4, -0.2) is 49.6 Å². The molecule has 0 saturated carbocycles. The number of hydrogen-bond donors (Lipinski definition) is 1. The lowest BCUT2D eigenvalue weighted by molar-refractivity contribution is -0.142. The summed E-state index contributed by atoms with van der Waals surface area (Å²) in [4.78, 5) is 28.2. The van der Waals surface area contributed by atoms with E-state index in [1.54, 1.807) is 6.08 Å². The smallest absolute Gasteiger partial charge is 0.330 e. The van der Waals surface area contributed by atoms with Crippen molar-refractivity contribution in [1.82, 2.24) is 4.90 Å². The van der Waals surface area contributed by atoms with Gasteiger partial charge in [0.15, 0.2) is 6.61 Å². The van der Waals surface area contributed by atoms with E-state index in [4.69, 9.17) is 4.74 Å². The molecule has 0 spiro atoms. The monoisotopic (exact) mass is 407 g/mol. The summed E-state index contributed by atoms with van der Waals surface area (Å²) in [6.07, 6.45) is 3.78. The van der Waals surface area contributed by atoms with Crippen LogP contribution in [0.1, 0.15) is 18.9 Å². The summed E-state index contributed by atoms with van der Waals surface area (Å²) < 4.78 is 4.90. The molecule has 1 heterocycles. The lowest BCUT2D eigenvalue weighted by Crippen LogP contribution is -2.45. The number of nitrogens with one attached hydrogen (secondary N) is 1. The Morgan fingerprint density at radius 1 is 1.00 bits per heavy atom. The minimum absolute atomic E-state index is 0.294. The standard InChI is InChI=1S/C24H29N3O3/c1-2-3-9-24(29)30-19-23(28)25-21-10-12-22(13-11-21)27-16-14-26(15-17-27)18-20-7-5-4-6-8-20/h3-13H,2,14-19H2,1H3,(H,25,28)/b9-3+. The fourth-order valence-corrected chi connectivity index (χ4v) is 3.36. The molecule has 0 atom stereocenters. The number of esters is 1. The summed E-state index contributed by atoms with van der Waals surface area (Å²) in [5, 5.41) is 2.75. The van der Waals surface area contributed by atoms with Gasteiger partial charge in [0, 0.05) is 50.2 Å². The second kappa shape index (κ2) is 11.2. The molecule has 158 valence electrons. The molecular weight excluding hydrogens is 378 g/mol. The number of ether oxygens (including phenoxy) is 1. The van der Waals surface area contributed by atoms with E-state index in [1.807, 2.05) is 37.3 Å². The van der Waals surface area contributed by atoms with Crippen LogP contribution in [0.25, 0.3) is 0 Å². The van der Waals surface area contributed by atoms with Gasteiger partial charge in [0.25, 0.3) is 5.91 Å². The van der Waals surface area contributed by atoms with Crippen molar-refractivity contribution in [3.63, 3.8) is 0 Å². The van der Waals surface area contributed by atoms with Crippen molar-refractivity contribution in [3.05, 3.63) is 72.3 Å². The molecule has 6 nitrogen and oxygen atoms in total. The second-order valence-corrected chi connectivity index (χ2v) is 7.26. The van der Waals surface area contributed by atoms with E-state index in [2.05, 4.69) is 39.4 Å². The third-order valence-corrected chi connectivity index (χ3v) is 4.97. The van der Waals surface area contributed by atoms with Gasteiger partial charge in [-0.05, 0) is 36.2 Å². The molecule has 2 aromatic carbocycles. The average molecular weight is 408 g/mol. The van der Waals surface area contributed by atoms with Crippen LogP contribution in [-0.2, 0) is 20.9 Å². The highest BCUT2D eigenvalue weighted by Crippen LogP contribution is 2.20. The summed E-state index contributed by atoms with van der Waals surface area (Å²) in [7, 11) is 0. The van der Waals surface area contributed by atoms with Gasteiger partial charge in [0.2, 0.25) is 0 Å². The van der Waals surface area contributed by atoms with Crippen LogP contribution < -0.4 is 10.2 Å². The Bertz CT molecular complexity index is 842. The quantitative estimate of drug-likeness (QED) is 0.536. The molecule has 1 fully saturated rings. The molecule has 0 bridgehead atoms. The molecule has 30 heavy (non-hydrogen) atoms. The normalized spacial score (nSPS) is 14.6. The van der Waals surface area contributed by atoms with Gasteiger partial charge in [-0.2, -0.15) is 0 Å². The highest BCUT2D eigenvalue weighted by Gasteiger charge is 2.17. The predicted molar refractivity (Wildman–Crippen MR) is 119 cm³/mol. The predicted octanol–water partition coefficient (Wildman–Crippen LogP) is 3.46. The topological polar surface area (TPSA) is 61.9 Å².